The summed E-state index contributed by atoms with van der Waals surface area (Å²) in [5.74, 6) is 1.16. The molecule has 2 atom stereocenters. The maximum Gasteiger partial charge on any atom is 0.123 e. The van der Waals surface area contributed by atoms with Crippen LogP contribution in [0.5, 0.6) is 0 Å². The molecule has 0 radical (unpaired) electrons. The Hall–Kier alpha value is -0.890. The Morgan fingerprint density at radius 2 is 1.95 bits per heavy atom. The largest absolute Gasteiger partial charge is 0.314 e. The van der Waals surface area contributed by atoms with E-state index in [9.17, 15) is 4.39 Å². The fraction of sp³-hybridized carbons (Fsp3) is 0.647. The molecule has 1 aromatic rings. The molecule has 2 fully saturated rings. The molecular formula is C17H24FN. The van der Waals surface area contributed by atoms with Crippen LogP contribution < -0.4 is 5.32 Å². The summed E-state index contributed by atoms with van der Waals surface area (Å²) < 4.78 is 13.5. The number of nitrogens with one attached hydrogen (secondary N) is 1. The van der Waals surface area contributed by atoms with Crippen molar-refractivity contribution in [1.82, 2.24) is 5.32 Å². The summed E-state index contributed by atoms with van der Waals surface area (Å²) in [5.41, 5.74) is 2.51. The van der Waals surface area contributed by atoms with Crippen LogP contribution in [0.25, 0.3) is 0 Å². The number of rotatable bonds is 4. The van der Waals surface area contributed by atoms with E-state index in [-0.39, 0.29) is 5.82 Å². The van der Waals surface area contributed by atoms with Gasteiger partial charge in [-0.1, -0.05) is 18.9 Å². The van der Waals surface area contributed by atoms with Gasteiger partial charge in [-0.15, -0.1) is 0 Å². The zero-order valence-electron chi connectivity index (χ0n) is 11.8. The summed E-state index contributed by atoms with van der Waals surface area (Å²) in [6.07, 6.45) is 7.83. The van der Waals surface area contributed by atoms with E-state index in [4.69, 9.17) is 0 Å². The molecule has 0 aromatic heterocycles. The second-order valence-corrected chi connectivity index (χ2v) is 6.33. The van der Waals surface area contributed by atoms with Crippen molar-refractivity contribution in [2.75, 3.05) is 6.54 Å². The molecule has 0 saturated heterocycles. The van der Waals surface area contributed by atoms with Gasteiger partial charge in [0.25, 0.3) is 0 Å². The van der Waals surface area contributed by atoms with Crippen LogP contribution in [-0.4, -0.2) is 12.6 Å². The maximum atomic E-state index is 13.5. The Morgan fingerprint density at radius 1 is 1.16 bits per heavy atom. The molecule has 2 unspecified atom stereocenters. The van der Waals surface area contributed by atoms with Crippen molar-refractivity contribution in [3.63, 3.8) is 0 Å². The lowest BCUT2D eigenvalue weighted by Crippen LogP contribution is -2.31. The molecule has 0 aliphatic heterocycles. The molecule has 1 aromatic carbocycles. The lowest BCUT2D eigenvalue weighted by atomic mass is 9.74. The Balaban J connectivity index is 1.75. The number of hydrogen-bond donors (Lipinski definition) is 1. The molecular weight excluding hydrogens is 237 g/mol. The van der Waals surface area contributed by atoms with Crippen LogP contribution >= 0.6 is 0 Å². The molecule has 0 amide bonds. The van der Waals surface area contributed by atoms with Crippen LogP contribution in [0, 0.1) is 18.7 Å². The lowest BCUT2D eigenvalue weighted by molar-refractivity contribution is 0.293. The van der Waals surface area contributed by atoms with Gasteiger partial charge in [-0.2, -0.15) is 0 Å². The van der Waals surface area contributed by atoms with E-state index < -0.39 is 0 Å². The van der Waals surface area contributed by atoms with Gasteiger partial charge in [-0.05, 0) is 74.2 Å². The number of benzene rings is 1. The molecule has 19 heavy (non-hydrogen) atoms. The van der Waals surface area contributed by atoms with Gasteiger partial charge in [0.2, 0.25) is 0 Å². The van der Waals surface area contributed by atoms with Crippen LogP contribution in [-0.2, 0) is 0 Å². The molecule has 1 N–H and O–H groups in total. The topological polar surface area (TPSA) is 12.0 Å². The first-order valence-corrected chi connectivity index (χ1v) is 7.73. The highest BCUT2D eigenvalue weighted by Crippen LogP contribution is 2.39. The maximum absolute atomic E-state index is 13.5. The van der Waals surface area contributed by atoms with Gasteiger partial charge in [-0.3, -0.25) is 0 Å². The molecule has 2 aliphatic carbocycles. The summed E-state index contributed by atoms with van der Waals surface area (Å²) in [6.45, 7) is 3.24. The van der Waals surface area contributed by atoms with Crippen LogP contribution in [0.2, 0.25) is 0 Å². The predicted molar refractivity (Wildman–Crippen MR) is 76.9 cm³/mol. The van der Waals surface area contributed by atoms with Crippen molar-refractivity contribution >= 4 is 0 Å². The summed E-state index contributed by atoms with van der Waals surface area (Å²) >= 11 is 0. The quantitative estimate of drug-likeness (QED) is 0.858. The highest BCUT2D eigenvalue weighted by molar-refractivity contribution is 5.31. The first-order chi connectivity index (χ1) is 9.24. The zero-order valence-corrected chi connectivity index (χ0v) is 11.8. The first kappa shape index (κ1) is 13.1. The van der Waals surface area contributed by atoms with Crippen LogP contribution in [0.4, 0.5) is 4.39 Å². The first-order valence-electron chi connectivity index (χ1n) is 7.73. The standard InChI is InChI=1S/C17H24FN/c1-12-6-7-14(18)10-17(12)16-5-3-2-4-13(16)11-19-15-8-9-15/h6-7,10,13,15-16,19H,2-5,8-9,11H2,1H3. The summed E-state index contributed by atoms with van der Waals surface area (Å²) in [6, 6.07) is 6.07. The second-order valence-electron chi connectivity index (χ2n) is 6.33. The van der Waals surface area contributed by atoms with Crippen molar-refractivity contribution in [1.29, 1.82) is 0 Å². The Bertz CT molecular complexity index is 439. The molecule has 2 heteroatoms. The van der Waals surface area contributed by atoms with Gasteiger partial charge in [0.1, 0.15) is 5.82 Å². The number of halogens is 1. The minimum atomic E-state index is -0.0833. The van der Waals surface area contributed by atoms with Crippen molar-refractivity contribution in [3.05, 3.63) is 35.1 Å². The van der Waals surface area contributed by atoms with Gasteiger partial charge in [0, 0.05) is 6.04 Å². The Kier molecular flexibility index (Phi) is 3.88. The second kappa shape index (κ2) is 5.62. The molecule has 2 aliphatic rings. The van der Waals surface area contributed by atoms with E-state index in [1.807, 2.05) is 6.07 Å². The normalized spacial score (nSPS) is 27.5. The van der Waals surface area contributed by atoms with Gasteiger partial charge < -0.3 is 5.32 Å². The minimum Gasteiger partial charge on any atom is -0.314 e. The molecule has 104 valence electrons. The third kappa shape index (κ3) is 3.17. The fourth-order valence-electron chi connectivity index (χ4n) is 3.48. The number of hydrogen-bond acceptors (Lipinski definition) is 1. The highest BCUT2D eigenvalue weighted by atomic mass is 19.1. The van der Waals surface area contributed by atoms with Crippen LogP contribution in [0.15, 0.2) is 18.2 Å². The smallest absolute Gasteiger partial charge is 0.123 e. The monoisotopic (exact) mass is 261 g/mol. The SMILES string of the molecule is Cc1ccc(F)cc1C1CCCCC1CNC1CC1. The summed E-state index contributed by atoms with van der Waals surface area (Å²) in [4.78, 5) is 0. The van der Waals surface area contributed by atoms with E-state index in [2.05, 4.69) is 12.2 Å². The Labute approximate surface area is 115 Å². The van der Waals surface area contributed by atoms with E-state index >= 15 is 0 Å². The van der Waals surface area contributed by atoms with Crippen molar-refractivity contribution in [3.8, 4) is 0 Å². The molecule has 3 rings (SSSR count). The highest BCUT2D eigenvalue weighted by Gasteiger charge is 2.29. The van der Waals surface area contributed by atoms with E-state index in [0.717, 1.165) is 12.6 Å². The van der Waals surface area contributed by atoms with Gasteiger partial charge >= 0.3 is 0 Å². The molecule has 0 heterocycles. The summed E-state index contributed by atoms with van der Waals surface area (Å²) in [5, 5.41) is 3.67. The molecule has 0 bridgehead atoms. The average Bonchev–Trinajstić information content (AvgIpc) is 3.24. The molecule has 0 spiro atoms. The third-order valence-corrected chi connectivity index (χ3v) is 4.80. The zero-order chi connectivity index (χ0) is 13.2. The lowest BCUT2D eigenvalue weighted by Gasteiger charge is -2.33. The van der Waals surface area contributed by atoms with Gasteiger partial charge in [-0.25, -0.2) is 4.39 Å². The van der Waals surface area contributed by atoms with Gasteiger partial charge in [0.05, 0.1) is 0 Å². The minimum absolute atomic E-state index is 0.0833. The van der Waals surface area contributed by atoms with Crippen LogP contribution in [0.3, 0.4) is 0 Å². The van der Waals surface area contributed by atoms with Crippen LogP contribution in [0.1, 0.15) is 55.6 Å². The average molecular weight is 261 g/mol. The van der Waals surface area contributed by atoms with E-state index in [1.165, 1.54) is 49.7 Å². The fourth-order valence-corrected chi connectivity index (χ4v) is 3.48. The van der Waals surface area contributed by atoms with E-state index in [0.29, 0.717) is 11.8 Å². The Morgan fingerprint density at radius 3 is 2.74 bits per heavy atom. The van der Waals surface area contributed by atoms with Crippen molar-refractivity contribution in [2.24, 2.45) is 5.92 Å². The van der Waals surface area contributed by atoms with Gasteiger partial charge in [0.15, 0.2) is 0 Å². The molecule has 2 saturated carbocycles. The van der Waals surface area contributed by atoms with Crippen molar-refractivity contribution in [2.45, 2.75) is 57.4 Å². The number of aryl methyl sites for hydroxylation is 1. The summed E-state index contributed by atoms with van der Waals surface area (Å²) in [7, 11) is 0. The van der Waals surface area contributed by atoms with Crippen molar-refractivity contribution < 1.29 is 4.39 Å². The van der Waals surface area contributed by atoms with E-state index in [1.54, 1.807) is 12.1 Å². The third-order valence-electron chi connectivity index (χ3n) is 4.80. The molecule has 1 nitrogen and oxygen atoms in total. The predicted octanol–water partition coefficient (Wildman–Crippen LogP) is 4.16.